The van der Waals surface area contributed by atoms with Gasteiger partial charge in [0.1, 0.15) is 6.04 Å². The van der Waals surface area contributed by atoms with Crippen LogP contribution in [0.25, 0.3) is 0 Å². The van der Waals surface area contributed by atoms with Crippen molar-refractivity contribution in [3.63, 3.8) is 0 Å². The highest BCUT2D eigenvalue weighted by molar-refractivity contribution is 6.00. The highest BCUT2D eigenvalue weighted by Crippen LogP contribution is 2.61. The molecule has 0 spiro atoms. The monoisotopic (exact) mass is 446 g/mol. The van der Waals surface area contributed by atoms with Crippen molar-refractivity contribution in [2.75, 3.05) is 11.4 Å². The van der Waals surface area contributed by atoms with Gasteiger partial charge in [0.05, 0.1) is 12.7 Å². The number of nitrogens with one attached hydrogen (secondary N) is 1. The first kappa shape index (κ1) is 20.9. The van der Waals surface area contributed by atoms with Crippen molar-refractivity contribution in [3.8, 4) is 0 Å². The van der Waals surface area contributed by atoms with Gasteiger partial charge in [0.2, 0.25) is 5.91 Å². The van der Waals surface area contributed by atoms with Crippen LogP contribution in [0, 0.1) is 23.2 Å². The second kappa shape index (κ2) is 8.00. The number of aromatic nitrogens is 2. The summed E-state index contributed by atoms with van der Waals surface area (Å²) in [4.78, 5) is 32.9. The lowest BCUT2D eigenvalue weighted by atomic mass is 9.48. The molecule has 7 rings (SSSR count). The van der Waals surface area contributed by atoms with Crippen molar-refractivity contribution >= 4 is 17.5 Å². The third-order valence-corrected chi connectivity index (χ3v) is 9.08. The van der Waals surface area contributed by atoms with Crippen molar-refractivity contribution in [1.29, 1.82) is 0 Å². The average Bonchev–Trinajstić information content (AvgIpc) is 3.46. The highest BCUT2D eigenvalue weighted by atomic mass is 16.2. The summed E-state index contributed by atoms with van der Waals surface area (Å²) in [7, 11) is 0. The molecule has 4 bridgehead atoms. The summed E-state index contributed by atoms with van der Waals surface area (Å²) in [6, 6.07) is 7.64. The van der Waals surface area contributed by atoms with E-state index in [-0.39, 0.29) is 29.7 Å². The smallest absolute Gasteiger partial charge is 0.250 e. The molecule has 1 aromatic heterocycles. The van der Waals surface area contributed by atoms with Gasteiger partial charge >= 0.3 is 0 Å². The Hall–Kier alpha value is -2.63. The van der Waals surface area contributed by atoms with E-state index in [1.165, 1.54) is 44.1 Å². The number of carbonyl (C=O) groups excluding carboxylic acids is 2. The van der Waals surface area contributed by atoms with E-state index in [4.69, 9.17) is 0 Å². The molecule has 1 N–H and O–H groups in total. The molecule has 2 heterocycles. The molecule has 1 aliphatic heterocycles. The number of imidazole rings is 1. The van der Waals surface area contributed by atoms with Gasteiger partial charge in [-0.25, -0.2) is 4.98 Å². The molecule has 4 aliphatic carbocycles. The van der Waals surface area contributed by atoms with Crippen LogP contribution >= 0.6 is 0 Å². The van der Waals surface area contributed by atoms with Crippen molar-refractivity contribution in [1.82, 2.24) is 14.9 Å². The normalized spacial score (nSPS) is 31.3. The number of carbonyl (C=O) groups is 2. The minimum atomic E-state index is -0.581. The molecule has 2 amide bonds. The fraction of sp³-hybridized carbons (Fsp3) is 0.593. The predicted octanol–water partition coefficient (Wildman–Crippen LogP) is 4.12. The van der Waals surface area contributed by atoms with Gasteiger partial charge in [-0.1, -0.05) is 18.2 Å². The Labute approximate surface area is 195 Å². The maximum atomic E-state index is 13.6. The van der Waals surface area contributed by atoms with Crippen LogP contribution in [-0.2, 0) is 16.0 Å². The molecule has 0 unspecified atom stereocenters. The van der Waals surface area contributed by atoms with Crippen LogP contribution in [0.4, 0.5) is 5.69 Å². The maximum absolute atomic E-state index is 13.6. The number of rotatable bonds is 6. The Morgan fingerprint density at radius 3 is 2.48 bits per heavy atom. The standard InChI is InChI=1S/C27H34N4O2/c1-18(27-14-19-10-20(15-27)12-21(11-19)16-27)29-25(32)13-24(30-9-7-28-17-30)26(33)31-8-6-22-4-2-3-5-23(22)31/h2-5,7,9,17-21,24H,6,8,10-16H2,1H3,(H,29,32)/t18-,19?,20?,21?,24+,27?/m1/s1. The van der Waals surface area contributed by atoms with E-state index in [9.17, 15) is 9.59 Å². The summed E-state index contributed by atoms with van der Waals surface area (Å²) in [5.41, 5.74) is 2.41. The first-order valence-electron chi connectivity index (χ1n) is 12.7. The quantitative estimate of drug-likeness (QED) is 0.726. The fourth-order valence-electron chi connectivity index (χ4n) is 7.86. The molecule has 4 fully saturated rings. The number of para-hydroxylation sites is 1. The van der Waals surface area contributed by atoms with E-state index in [1.54, 1.807) is 23.3 Å². The first-order chi connectivity index (χ1) is 16.0. The highest BCUT2D eigenvalue weighted by Gasteiger charge is 2.53. The van der Waals surface area contributed by atoms with Crippen molar-refractivity contribution in [3.05, 3.63) is 48.5 Å². The average molecular weight is 447 g/mol. The second-order valence-corrected chi connectivity index (χ2v) is 11.2. The summed E-state index contributed by atoms with van der Waals surface area (Å²) in [6.07, 6.45) is 14.1. The molecule has 4 saturated carbocycles. The minimum absolute atomic E-state index is 0.0298. The number of hydrogen-bond donors (Lipinski definition) is 1. The Balaban J connectivity index is 1.18. The Kier molecular flexibility index (Phi) is 5.07. The SMILES string of the molecule is C[C@@H](NC(=O)C[C@@H](C(=O)N1CCc2ccccc21)n1ccnc1)C12CC3CC(CC(C3)C1)C2. The molecule has 5 aliphatic rings. The van der Waals surface area contributed by atoms with Crippen LogP contribution in [0.3, 0.4) is 0 Å². The Morgan fingerprint density at radius 2 is 1.82 bits per heavy atom. The number of hydrogen-bond acceptors (Lipinski definition) is 3. The molecule has 1 aromatic carbocycles. The molecule has 0 saturated heterocycles. The van der Waals surface area contributed by atoms with Crippen molar-refractivity contribution < 1.29 is 9.59 Å². The minimum Gasteiger partial charge on any atom is -0.353 e. The van der Waals surface area contributed by atoms with Crippen molar-refractivity contribution in [2.24, 2.45) is 23.2 Å². The topological polar surface area (TPSA) is 67.2 Å². The molecule has 174 valence electrons. The van der Waals surface area contributed by atoms with Gasteiger partial charge < -0.3 is 14.8 Å². The Morgan fingerprint density at radius 1 is 1.12 bits per heavy atom. The first-order valence-corrected chi connectivity index (χ1v) is 12.7. The van der Waals surface area contributed by atoms with E-state index >= 15 is 0 Å². The van der Waals surface area contributed by atoms with Gasteiger partial charge in [0.15, 0.2) is 0 Å². The van der Waals surface area contributed by atoms with Crippen LogP contribution in [0.15, 0.2) is 43.0 Å². The third-order valence-electron chi connectivity index (χ3n) is 9.08. The number of nitrogens with zero attached hydrogens (tertiary/aromatic N) is 3. The van der Waals surface area contributed by atoms with E-state index in [0.717, 1.165) is 29.9 Å². The third kappa shape index (κ3) is 3.68. The largest absolute Gasteiger partial charge is 0.353 e. The molecule has 0 radical (unpaired) electrons. The van der Waals surface area contributed by atoms with Crippen LogP contribution in [0.5, 0.6) is 0 Å². The number of fused-ring (bicyclic) bond motifs is 1. The summed E-state index contributed by atoms with van der Waals surface area (Å²) >= 11 is 0. The van der Waals surface area contributed by atoms with E-state index in [1.807, 2.05) is 23.1 Å². The van der Waals surface area contributed by atoms with Gasteiger partial charge in [0.25, 0.3) is 5.91 Å². The van der Waals surface area contributed by atoms with E-state index in [2.05, 4.69) is 23.3 Å². The number of benzene rings is 1. The molecule has 6 nitrogen and oxygen atoms in total. The summed E-state index contributed by atoms with van der Waals surface area (Å²) in [5.74, 6) is 2.50. The summed E-state index contributed by atoms with van der Waals surface area (Å²) in [5, 5.41) is 3.35. The molecular formula is C27H34N4O2. The lowest BCUT2D eigenvalue weighted by Crippen LogP contribution is -2.56. The Bertz CT molecular complexity index is 1010. The van der Waals surface area contributed by atoms with Gasteiger partial charge in [0, 0.05) is 30.7 Å². The molecular weight excluding hydrogens is 412 g/mol. The van der Waals surface area contributed by atoms with Gasteiger partial charge in [-0.2, -0.15) is 0 Å². The zero-order valence-corrected chi connectivity index (χ0v) is 19.5. The maximum Gasteiger partial charge on any atom is 0.250 e. The fourth-order valence-corrected chi connectivity index (χ4v) is 7.86. The molecule has 6 heteroatoms. The molecule has 33 heavy (non-hydrogen) atoms. The summed E-state index contributed by atoms with van der Waals surface area (Å²) < 4.78 is 1.79. The van der Waals surface area contributed by atoms with Crippen LogP contribution in [0.1, 0.15) is 63.5 Å². The van der Waals surface area contributed by atoms with Gasteiger partial charge in [-0.15, -0.1) is 0 Å². The van der Waals surface area contributed by atoms with E-state index in [0.29, 0.717) is 6.54 Å². The van der Waals surface area contributed by atoms with Crippen molar-refractivity contribution in [2.45, 2.75) is 70.4 Å². The van der Waals surface area contributed by atoms with Crippen LogP contribution < -0.4 is 10.2 Å². The summed E-state index contributed by atoms with van der Waals surface area (Å²) in [6.45, 7) is 2.87. The predicted molar refractivity (Wildman–Crippen MR) is 127 cm³/mol. The second-order valence-electron chi connectivity index (χ2n) is 11.2. The molecule has 2 atom stereocenters. The van der Waals surface area contributed by atoms with Gasteiger partial charge in [-0.05, 0) is 86.7 Å². The number of amides is 2. The van der Waals surface area contributed by atoms with E-state index < -0.39 is 6.04 Å². The lowest BCUT2D eigenvalue weighted by molar-refractivity contribution is -0.130. The lowest BCUT2D eigenvalue weighted by Gasteiger charge is -2.59. The van der Waals surface area contributed by atoms with Crippen LogP contribution in [-0.4, -0.2) is 34.0 Å². The zero-order chi connectivity index (χ0) is 22.6. The van der Waals surface area contributed by atoms with Crippen LogP contribution in [0.2, 0.25) is 0 Å². The number of anilines is 1. The van der Waals surface area contributed by atoms with Gasteiger partial charge in [-0.3, -0.25) is 9.59 Å². The molecule has 2 aromatic rings. The zero-order valence-electron chi connectivity index (χ0n) is 19.5.